The minimum atomic E-state index is -1.06. The number of ether oxygens (including phenoxy) is 2. The van der Waals surface area contributed by atoms with Crippen molar-refractivity contribution in [1.82, 2.24) is 0 Å². The molecule has 2 rings (SSSR count). The fraction of sp³-hybridized carbons (Fsp3) is 0.417. The Morgan fingerprint density at radius 3 is 2.11 bits per heavy atom. The summed E-state index contributed by atoms with van der Waals surface area (Å²) < 4.78 is 11.7. The van der Waals surface area contributed by atoms with Gasteiger partial charge < -0.3 is 19.7 Å². The zero-order chi connectivity index (χ0) is 20.2. The molecule has 0 aromatic heterocycles. The van der Waals surface area contributed by atoms with Gasteiger partial charge in [0.2, 0.25) is 0 Å². The van der Waals surface area contributed by atoms with Gasteiger partial charge in [-0.1, -0.05) is 66.7 Å². The molecule has 0 saturated carbocycles. The molecule has 0 amide bonds. The van der Waals surface area contributed by atoms with E-state index in [9.17, 15) is 10.2 Å². The second kappa shape index (κ2) is 11.8. The van der Waals surface area contributed by atoms with Crippen LogP contribution in [0, 0.1) is 0 Å². The number of rotatable bonds is 13. The first kappa shape index (κ1) is 22.3. The van der Waals surface area contributed by atoms with Gasteiger partial charge in [0.25, 0.3) is 0 Å². The summed E-state index contributed by atoms with van der Waals surface area (Å²) in [5.41, 5.74) is 1.17. The van der Waals surface area contributed by atoms with Crippen LogP contribution in [0.3, 0.4) is 0 Å². The van der Waals surface area contributed by atoms with Crippen LogP contribution in [-0.2, 0) is 22.7 Å². The fourth-order valence-corrected chi connectivity index (χ4v) is 3.10. The molecule has 0 heterocycles. The van der Waals surface area contributed by atoms with Gasteiger partial charge in [-0.05, 0) is 37.3 Å². The Labute approximate surface area is 168 Å². The van der Waals surface area contributed by atoms with Crippen molar-refractivity contribution < 1.29 is 19.7 Å². The highest BCUT2D eigenvalue weighted by atomic mass is 16.5. The predicted octanol–water partition coefficient (Wildman–Crippen LogP) is 4.26. The van der Waals surface area contributed by atoms with Gasteiger partial charge in [-0.2, -0.15) is 0 Å². The molecule has 2 aromatic rings. The average molecular weight is 385 g/mol. The van der Waals surface area contributed by atoms with Crippen molar-refractivity contribution in [2.45, 2.75) is 57.2 Å². The smallest absolute Gasteiger partial charge is 0.111 e. The Hall–Kier alpha value is -1.98. The van der Waals surface area contributed by atoms with E-state index in [1.165, 1.54) is 0 Å². The van der Waals surface area contributed by atoms with Gasteiger partial charge in [0.05, 0.1) is 25.4 Å². The molecule has 0 aliphatic carbocycles. The molecule has 152 valence electrons. The number of hydrogen-bond donors (Lipinski definition) is 2. The Morgan fingerprint density at radius 1 is 0.964 bits per heavy atom. The Balaban J connectivity index is 1.93. The fourth-order valence-electron chi connectivity index (χ4n) is 3.10. The maximum atomic E-state index is 10.8. The van der Waals surface area contributed by atoms with E-state index < -0.39 is 17.8 Å². The number of unbranched alkanes of at least 4 members (excludes halogenated alkanes) is 1. The summed E-state index contributed by atoms with van der Waals surface area (Å²) in [5.74, 6) is 0. The van der Waals surface area contributed by atoms with Crippen molar-refractivity contribution in [1.29, 1.82) is 0 Å². The van der Waals surface area contributed by atoms with Gasteiger partial charge >= 0.3 is 0 Å². The molecule has 0 saturated heterocycles. The molecule has 3 atom stereocenters. The minimum absolute atomic E-state index is 0.0435. The van der Waals surface area contributed by atoms with E-state index >= 15 is 0 Å². The molecular weight excluding hydrogens is 352 g/mol. The zero-order valence-electron chi connectivity index (χ0n) is 16.7. The van der Waals surface area contributed by atoms with Crippen molar-refractivity contribution in [2.24, 2.45) is 0 Å². The van der Waals surface area contributed by atoms with Crippen molar-refractivity contribution in [2.75, 3.05) is 6.61 Å². The predicted molar refractivity (Wildman–Crippen MR) is 112 cm³/mol. The first-order valence-corrected chi connectivity index (χ1v) is 9.82. The monoisotopic (exact) mass is 384 g/mol. The molecule has 2 aromatic carbocycles. The standard InChI is InChI=1S/C24H32O4/c1-3-4-11-16-24(2,28-18-21-14-9-6-10-15-21)23(26)22(25)19-27-17-20-12-7-5-8-13-20/h3,5-10,12-15,22-23,25-26H,1,4,11,16-19H2,2H3/t22-,23+,24+/m1/s1. The van der Waals surface area contributed by atoms with Gasteiger partial charge in [-0.3, -0.25) is 0 Å². The molecule has 28 heavy (non-hydrogen) atoms. The van der Waals surface area contributed by atoms with E-state index in [0.717, 1.165) is 24.0 Å². The highest BCUT2D eigenvalue weighted by Gasteiger charge is 2.38. The molecule has 4 nitrogen and oxygen atoms in total. The van der Waals surface area contributed by atoms with Crippen LogP contribution in [-0.4, -0.2) is 34.6 Å². The third-order valence-electron chi connectivity index (χ3n) is 4.88. The van der Waals surface area contributed by atoms with Crippen LogP contribution in [0.4, 0.5) is 0 Å². The van der Waals surface area contributed by atoms with E-state index in [1.54, 1.807) is 0 Å². The van der Waals surface area contributed by atoms with Crippen molar-refractivity contribution in [3.05, 3.63) is 84.4 Å². The van der Waals surface area contributed by atoms with Crippen molar-refractivity contribution in [3.63, 3.8) is 0 Å². The highest BCUT2D eigenvalue weighted by molar-refractivity contribution is 5.14. The molecule has 2 N–H and O–H groups in total. The SMILES string of the molecule is C=CCCC[C@](C)(OCc1ccccc1)[C@@H](O)[C@H](O)COCc1ccccc1. The number of benzene rings is 2. The Morgan fingerprint density at radius 2 is 1.54 bits per heavy atom. The summed E-state index contributed by atoms with van der Waals surface area (Å²) in [7, 11) is 0. The van der Waals surface area contributed by atoms with Gasteiger partial charge in [-0.25, -0.2) is 0 Å². The summed E-state index contributed by atoms with van der Waals surface area (Å²) in [6.45, 7) is 6.41. The zero-order valence-corrected chi connectivity index (χ0v) is 16.7. The van der Waals surface area contributed by atoms with E-state index in [2.05, 4.69) is 6.58 Å². The maximum absolute atomic E-state index is 10.8. The molecule has 0 unspecified atom stereocenters. The molecule has 0 spiro atoms. The second-order valence-corrected chi connectivity index (χ2v) is 7.28. The van der Waals surface area contributed by atoms with Crippen LogP contribution in [0.25, 0.3) is 0 Å². The number of aliphatic hydroxyl groups is 2. The van der Waals surface area contributed by atoms with Crippen LogP contribution < -0.4 is 0 Å². The summed E-state index contributed by atoms with van der Waals surface area (Å²) in [4.78, 5) is 0. The minimum Gasteiger partial charge on any atom is -0.388 e. The third kappa shape index (κ3) is 7.21. The van der Waals surface area contributed by atoms with Crippen LogP contribution in [0.1, 0.15) is 37.3 Å². The number of aliphatic hydroxyl groups excluding tert-OH is 2. The molecular formula is C24H32O4. The van der Waals surface area contributed by atoms with E-state index in [0.29, 0.717) is 19.6 Å². The largest absolute Gasteiger partial charge is 0.388 e. The molecule has 0 fully saturated rings. The Bertz CT molecular complexity index is 674. The summed E-state index contributed by atoms with van der Waals surface area (Å²) >= 11 is 0. The molecule has 0 radical (unpaired) electrons. The lowest BCUT2D eigenvalue weighted by Crippen LogP contribution is -2.50. The third-order valence-corrected chi connectivity index (χ3v) is 4.88. The summed E-state index contributed by atoms with van der Waals surface area (Å²) in [6.07, 6.45) is 2.03. The van der Waals surface area contributed by atoms with Crippen molar-refractivity contribution >= 4 is 0 Å². The number of hydrogen-bond acceptors (Lipinski definition) is 4. The first-order valence-electron chi connectivity index (χ1n) is 9.82. The molecule has 4 heteroatoms. The quantitative estimate of drug-likeness (QED) is 0.400. The molecule has 0 aliphatic heterocycles. The lowest BCUT2D eigenvalue weighted by Gasteiger charge is -2.37. The first-order chi connectivity index (χ1) is 13.5. The second-order valence-electron chi connectivity index (χ2n) is 7.28. The Kier molecular flexibility index (Phi) is 9.38. The normalized spacial score (nSPS) is 15.5. The highest BCUT2D eigenvalue weighted by Crippen LogP contribution is 2.27. The van der Waals surface area contributed by atoms with Crippen LogP contribution >= 0.6 is 0 Å². The maximum Gasteiger partial charge on any atom is 0.111 e. The van der Waals surface area contributed by atoms with Gasteiger partial charge in [0, 0.05) is 0 Å². The summed E-state index contributed by atoms with van der Waals surface area (Å²) in [6, 6.07) is 19.6. The van der Waals surface area contributed by atoms with Crippen LogP contribution in [0.15, 0.2) is 73.3 Å². The van der Waals surface area contributed by atoms with Crippen molar-refractivity contribution in [3.8, 4) is 0 Å². The molecule has 0 bridgehead atoms. The topological polar surface area (TPSA) is 58.9 Å². The molecule has 0 aliphatic rings. The number of allylic oxidation sites excluding steroid dienone is 1. The van der Waals surface area contributed by atoms with E-state index in [4.69, 9.17) is 9.47 Å². The average Bonchev–Trinajstić information content (AvgIpc) is 2.73. The van der Waals surface area contributed by atoms with Crippen LogP contribution in [0.5, 0.6) is 0 Å². The van der Waals surface area contributed by atoms with Gasteiger partial charge in [-0.15, -0.1) is 6.58 Å². The van der Waals surface area contributed by atoms with Gasteiger partial charge in [0.15, 0.2) is 0 Å². The lowest BCUT2D eigenvalue weighted by molar-refractivity contribution is -0.170. The van der Waals surface area contributed by atoms with Gasteiger partial charge in [0.1, 0.15) is 12.2 Å². The van der Waals surface area contributed by atoms with Crippen LogP contribution in [0.2, 0.25) is 0 Å². The summed E-state index contributed by atoms with van der Waals surface area (Å²) in [5, 5.41) is 21.3. The van der Waals surface area contributed by atoms with E-state index in [-0.39, 0.29) is 6.61 Å². The van der Waals surface area contributed by atoms with E-state index in [1.807, 2.05) is 73.7 Å². The lowest BCUT2D eigenvalue weighted by atomic mass is 9.89.